The maximum atomic E-state index is 13.0. The normalized spacial score (nSPS) is 11.0. The monoisotopic (exact) mass is 447 g/mol. The number of anilines is 1. The van der Waals surface area contributed by atoms with E-state index in [1.54, 1.807) is 40.1 Å². The van der Waals surface area contributed by atoms with Gasteiger partial charge in [-0.1, -0.05) is 22.9 Å². The summed E-state index contributed by atoms with van der Waals surface area (Å²) in [6.07, 6.45) is 2.05. The molecule has 3 aromatic rings. The molecule has 0 aliphatic carbocycles. The van der Waals surface area contributed by atoms with Crippen LogP contribution >= 0.6 is 58.4 Å². The maximum Gasteiger partial charge on any atom is 0.270 e. The van der Waals surface area contributed by atoms with Gasteiger partial charge in [-0.3, -0.25) is 9.69 Å². The van der Waals surface area contributed by atoms with E-state index < -0.39 is 0 Å². The molecule has 0 unspecified atom stereocenters. The molecule has 0 saturated heterocycles. The van der Waals surface area contributed by atoms with E-state index in [4.69, 9.17) is 11.6 Å². The van der Waals surface area contributed by atoms with Gasteiger partial charge in [0.25, 0.3) is 5.91 Å². The van der Waals surface area contributed by atoms with Gasteiger partial charge in [-0.25, -0.2) is 4.98 Å². The van der Waals surface area contributed by atoms with Crippen LogP contribution in [0, 0.1) is 0 Å². The Bertz CT molecular complexity index is 894. The molecule has 140 valence electrons. The zero-order chi connectivity index (χ0) is 18.0. The highest BCUT2D eigenvalue weighted by Crippen LogP contribution is 2.33. The zero-order valence-electron chi connectivity index (χ0n) is 14.6. The van der Waals surface area contributed by atoms with Crippen LogP contribution in [0.15, 0.2) is 35.2 Å². The Balaban J connectivity index is 0.00000243. The molecule has 3 rings (SSSR count). The minimum Gasteiger partial charge on any atom is -0.308 e. The third kappa shape index (κ3) is 4.91. The maximum absolute atomic E-state index is 13.0. The highest BCUT2D eigenvalue weighted by atomic mass is 35.5. The van der Waals surface area contributed by atoms with Crippen LogP contribution < -0.4 is 4.90 Å². The lowest BCUT2D eigenvalue weighted by atomic mass is 10.3. The van der Waals surface area contributed by atoms with Crippen molar-refractivity contribution in [2.45, 2.75) is 4.90 Å². The number of fused-ring (bicyclic) bond motifs is 1. The average molecular weight is 448 g/mol. The highest BCUT2D eigenvalue weighted by Gasteiger charge is 2.22. The first-order chi connectivity index (χ1) is 12.0. The zero-order valence-corrected chi connectivity index (χ0v) is 18.6. The van der Waals surface area contributed by atoms with Gasteiger partial charge in [0.1, 0.15) is 0 Å². The number of amides is 1. The number of hydrogen-bond acceptors (Lipinski definition) is 6. The summed E-state index contributed by atoms with van der Waals surface area (Å²) in [6, 6.07) is 9.72. The number of thiazole rings is 1. The summed E-state index contributed by atoms with van der Waals surface area (Å²) in [6.45, 7) is 1.34. The number of benzene rings is 1. The predicted octanol–water partition coefficient (Wildman–Crippen LogP) is 5.36. The molecule has 2 aromatic heterocycles. The third-order valence-corrected chi connectivity index (χ3v) is 6.60. The Morgan fingerprint density at radius 3 is 2.58 bits per heavy atom. The summed E-state index contributed by atoms with van der Waals surface area (Å²) in [5.74, 6) is -0.0529. The van der Waals surface area contributed by atoms with Gasteiger partial charge in [0.15, 0.2) is 5.13 Å². The molecule has 1 amide bonds. The molecule has 0 aliphatic heterocycles. The van der Waals surface area contributed by atoms with Crippen LogP contribution in [-0.2, 0) is 0 Å². The van der Waals surface area contributed by atoms with Crippen molar-refractivity contribution in [2.24, 2.45) is 0 Å². The summed E-state index contributed by atoms with van der Waals surface area (Å²) >= 11 is 10.6. The molecule has 0 aliphatic rings. The van der Waals surface area contributed by atoms with Crippen molar-refractivity contribution < 1.29 is 4.79 Å². The van der Waals surface area contributed by atoms with Gasteiger partial charge in [0.2, 0.25) is 0 Å². The van der Waals surface area contributed by atoms with Gasteiger partial charge in [0, 0.05) is 18.0 Å². The SMILES string of the molecule is CSc1ccc2nc(N(CCN(C)C)C(=O)c3ccc(Cl)s3)sc2c1.Cl. The lowest BCUT2D eigenvalue weighted by molar-refractivity contribution is 0.0989. The third-order valence-electron chi connectivity index (χ3n) is 3.62. The number of halogens is 2. The van der Waals surface area contributed by atoms with E-state index in [-0.39, 0.29) is 18.3 Å². The molecular weight excluding hydrogens is 429 g/mol. The number of rotatable bonds is 6. The van der Waals surface area contributed by atoms with Crippen molar-refractivity contribution in [1.29, 1.82) is 0 Å². The van der Waals surface area contributed by atoms with Crippen LogP contribution in [0.3, 0.4) is 0 Å². The Hall–Kier alpha value is -0.830. The largest absolute Gasteiger partial charge is 0.308 e. The summed E-state index contributed by atoms with van der Waals surface area (Å²) in [7, 11) is 3.99. The van der Waals surface area contributed by atoms with Crippen LogP contribution in [-0.4, -0.2) is 49.2 Å². The summed E-state index contributed by atoms with van der Waals surface area (Å²) in [5.41, 5.74) is 0.921. The van der Waals surface area contributed by atoms with Gasteiger partial charge >= 0.3 is 0 Å². The fourth-order valence-corrected chi connectivity index (χ4v) is 4.82. The van der Waals surface area contributed by atoms with E-state index in [1.165, 1.54) is 16.2 Å². The van der Waals surface area contributed by atoms with E-state index >= 15 is 0 Å². The van der Waals surface area contributed by atoms with E-state index in [2.05, 4.69) is 28.3 Å². The predicted molar refractivity (Wildman–Crippen MR) is 118 cm³/mol. The second kappa shape index (κ2) is 9.39. The Morgan fingerprint density at radius 2 is 1.96 bits per heavy atom. The second-order valence-electron chi connectivity index (χ2n) is 5.69. The molecular formula is C17H19Cl2N3OS3. The van der Waals surface area contributed by atoms with Gasteiger partial charge in [-0.15, -0.1) is 35.5 Å². The summed E-state index contributed by atoms with van der Waals surface area (Å²) < 4.78 is 1.71. The van der Waals surface area contributed by atoms with Crippen LogP contribution in [0.4, 0.5) is 5.13 Å². The topological polar surface area (TPSA) is 36.4 Å². The first kappa shape index (κ1) is 21.5. The molecule has 0 fully saturated rings. The van der Waals surface area contributed by atoms with Crippen molar-refractivity contribution in [1.82, 2.24) is 9.88 Å². The lowest BCUT2D eigenvalue weighted by Gasteiger charge is -2.21. The molecule has 4 nitrogen and oxygen atoms in total. The van der Waals surface area contributed by atoms with E-state index in [9.17, 15) is 4.79 Å². The van der Waals surface area contributed by atoms with Gasteiger partial charge in [-0.05, 0) is 50.7 Å². The number of nitrogens with zero attached hydrogens (tertiary/aromatic N) is 3. The number of carbonyl (C=O) groups excluding carboxylic acids is 1. The molecule has 0 radical (unpaired) electrons. The second-order valence-corrected chi connectivity index (χ2v) is 9.30. The number of aromatic nitrogens is 1. The smallest absolute Gasteiger partial charge is 0.270 e. The molecule has 0 saturated carbocycles. The quantitative estimate of drug-likeness (QED) is 0.476. The number of carbonyl (C=O) groups is 1. The van der Waals surface area contributed by atoms with Crippen LogP contribution in [0.25, 0.3) is 10.2 Å². The van der Waals surface area contributed by atoms with Crippen molar-refractivity contribution in [3.05, 3.63) is 39.5 Å². The van der Waals surface area contributed by atoms with Gasteiger partial charge in [-0.2, -0.15) is 0 Å². The van der Waals surface area contributed by atoms with E-state index in [0.29, 0.717) is 15.8 Å². The van der Waals surface area contributed by atoms with Crippen LogP contribution in [0.1, 0.15) is 9.67 Å². The van der Waals surface area contributed by atoms with Crippen molar-refractivity contribution in [3.8, 4) is 0 Å². The number of likely N-dealkylation sites (N-methyl/N-ethyl adjacent to an activating group) is 1. The standard InChI is InChI=1S/C17H18ClN3OS3.ClH/c1-20(2)8-9-21(16(22)13-6-7-15(18)24-13)17-19-12-5-4-11(23-3)10-14(12)25-17;/h4-7,10H,8-9H2,1-3H3;1H. The van der Waals surface area contributed by atoms with Crippen LogP contribution in [0.5, 0.6) is 0 Å². The average Bonchev–Trinajstić information content (AvgIpc) is 3.19. The van der Waals surface area contributed by atoms with Crippen molar-refractivity contribution in [3.63, 3.8) is 0 Å². The van der Waals surface area contributed by atoms with Gasteiger partial charge in [0.05, 0.1) is 19.4 Å². The first-order valence-electron chi connectivity index (χ1n) is 7.64. The van der Waals surface area contributed by atoms with Gasteiger partial charge < -0.3 is 4.90 Å². The summed E-state index contributed by atoms with van der Waals surface area (Å²) in [5, 5.41) is 0.727. The Morgan fingerprint density at radius 1 is 1.19 bits per heavy atom. The molecule has 9 heteroatoms. The number of hydrogen-bond donors (Lipinski definition) is 0. The first-order valence-corrected chi connectivity index (χ1v) is 10.9. The molecule has 1 aromatic carbocycles. The van der Waals surface area contributed by atoms with E-state index in [0.717, 1.165) is 21.9 Å². The molecule has 2 heterocycles. The molecule has 0 N–H and O–H groups in total. The minimum absolute atomic E-state index is 0. The Labute approximate surface area is 176 Å². The molecule has 26 heavy (non-hydrogen) atoms. The molecule has 0 bridgehead atoms. The van der Waals surface area contributed by atoms with E-state index in [1.807, 2.05) is 20.2 Å². The van der Waals surface area contributed by atoms with Crippen molar-refractivity contribution >= 4 is 79.7 Å². The molecule has 0 spiro atoms. The fraction of sp³-hybridized carbons (Fsp3) is 0.294. The Kier molecular flexibility index (Phi) is 7.76. The van der Waals surface area contributed by atoms with Crippen molar-refractivity contribution in [2.75, 3.05) is 38.3 Å². The lowest BCUT2D eigenvalue weighted by Crippen LogP contribution is -2.36. The fourth-order valence-electron chi connectivity index (χ4n) is 2.28. The van der Waals surface area contributed by atoms with Crippen LogP contribution in [0.2, 0.25) is 4.34 Å². The minimum atomic E-state index is -0.0529. The summed E-state index contributed by atoms with van der Waals surface area (Å²) in [4.78, 5) is 23.3. The highest BCUT2D eigenvalue weighted by molar-refractivity contribution is 7.98. The number of thioether (sulfide) groups is 1. The molecule has 0 atom stereocenters. The number of thiophene rings is 1.